The van der Waals surface area contributed by atoms with Crippen LogP contribution in [0.4, 0.5) is 5.69 Å². The summed E-state index contributed by atoms with van der Waals surface area (Å²) in [6.07, 6.45) is 6.11. The minimum atomic E-state index is 0.0284. The smallest absolute Gasteiger partial charge is 0.224 e. The molecule has 0 unspecified atom stereocenters. The predicted octanol–water partition coefficient (Wildman–Crippen LogP) is 4.38. The zero-order valence-electron chi connectivity index (χ0n) is 14.3. The van der Waals surface area contributed by atoms with E-state index >= 15 is 0 Å². The van der Waals surface area contributed by atoms with Crippen LogP contribution in [0.15, 0.2) is 24.3 Å². The molecule has 1 aromatic heterocycles. The molecule has 0 atom stereocenters. The zero-order valence-corrected chi connectivity index (χ0v) is 15.1. The largest absolute Gasteiger partial charge is 0.491 e. The lowest BCUT2D eigenvalue weighted by Crippen LogP contribution is -2.12. The Labute approximate surface area is 147 Å². The average Bonchev–Trinajstić information content (AvgIpc) is 2.97. The molecule has 0 saturated heterocycles. The van der Waals surface area contributed by atoms with Gasteiger partial charge in [0.05, 0.1) is 16.8 Å². The lowest BCUT2D eigenvalue weighted by Gasteiger charge is -2.10. The Hall–Kier alpha value is -1.88. The topological polar surface area (TPSA) is 51.2 Å². The first-order valence-electron chi connectivity index (χ1n) is 8.64. The van der Waals surface area contributed by atoms with Crippen LogP contribution in [0, 0.1) is 0 Å². The number of thiazole rings is 1. The van der Waals surface area contributed by atoms with Crippen molar-refractivity contribution < 1.29 is 9.53 Å². The summed E-state index contributed by atoms with van der Waals surface area (Å²) in [6, 6.07) is 7.50. The van der Waals surface area contributed by atoms with E-state index in [1.807, 2.05) is 38.1 Å². The summed E-state index contributed by atoms with van der Waals surface area (Å²) < 4.78 is 5.60. The Morgan fingerprint density at radius 3 is 2.71 bits per heavy atom. The maximum Gasteiger partial charge on any atom is 0.224 e. The fourth-order valence-corrected chi connectivity index (χ4v) is 4.00. The number of hydrogen-bond acceptors (Lipinski definition) is 4. The molecule has 0 saturated carbocycles. The summed E-state index contributed by atoms with van der Waals surface area (Å²) in [7, 11) is 0. The van der Waals surface area contributed by atoms with E-state index < -0.39 is 0 Å². The maximum absolute atomic E-state index is 12.1. The zero-order chi connectivity index (χ0) is 16.9. The van der Waals surface area contributed by atoms with Crippen molar-refractivity contribution in [2.45, 2.75) is 58.5 Å². The molecular weight excluding hydrogens is 320 g/mol. The Balaban J connectivity index is 1.49. The Morgan fingerprint density at radius 1 is 1.25 bits per heavy atom. The first kappa shape index (κ1) is 17.0. The van der Waals surface area contributed by atoms with Crippen LogP contribution in [-0.4, -0.2) is 17.0 Å². The van der Waals surface area contributed by atoms with Crippen molar-refractivity contribution in [3.05, 3.63) is 39.8 Å². The highest BCUT2D eigenvalue weighted by molar-refractivity contribution is 7.11. The molecule has 5 heteroatoms. The number of hydrogen-bond donors (Lipinski definition) is 1. The first-order chi connectivity index (χ1) is 11.6. The van der Waals surface area contributed by atoms with Gasteiger partial charge in [0.25, 0.3) is 0 Å². The highest BCUT2D eigenvalue weighted by atomic mass is 32.1. The van der Waals surface area contributed by atoms with Crippen molar-refractivity contribution in [3.63, 3.8) is 0 Å². The first-order valence-corrected chi connectivity index (χ1v) is 9.46. The van der Waals surface area contributed by atoms with Crippen LogP contribution in [0.25, 0.3) is 0 Å². The van der Waals surface area contributed by atoms with Gasteiger partial charge in [-0.1, -0.05) is 0 Å². The number of nitrogens with zero attached hydrogens (tertiary/aromatic N) is 1. The van der Waals surface area contributed by atoms with Crippen LogP contribution in [0.5, 0.6) is 5.75 Å². The summed E-state index contributed by atoms with van der Waals surface area (Å²) in [4.78, 5) is 18.2. The van der Waals surface area contributed by atoms with Crippen molar-refractivity contribution >= 4 is 22.9 Å². The maximum atomic E-state index is 12.1. The van der Waals surface area contributed by atoms with E-state index in [0.717, 1.165) is 35.7 Å². The number of aryl methyl sites for hydroxylation is 3. The third kappa shape index (κ3) is 4.57. The van der Waals surface area contributed by atoms with Gasteiger partial charge in [0, 0.05) is 23.4 Å². The number of carbonyl (C=O) groups is 1. The monoisotopic (exact) mass is 344 g/mol. The van der Waals surface area contributed by atoms with Crippen molar-refractivity contribution in [2.75, 3.05) is 5.32 Å². The lowest BCUT2D eigenvalue weighted by molar-refractivity contribution is -0.116. The third-order valence-corrected chi connectivity index (χ3v) is 5.18. The minimum Gasteiger partial charge on any atom is -0.491 e. The molecule has 1 aliphatic carbocycles. The normalized spacial score (nSPS) is 13.6. The molecule has 1 aliphatic rings. The minimum absolute atomic E-state index is 0.0284. The van der Waals surface area contributed by atoms with Crippen LogP contribution in [-0.2, 0) is 24.1 Å². The van der Waals surface area contributed by atoms with E-state index in [1.165, 1.54) is 23.4 Å². The molecular formula is C19H24N2O2S. The molecule has 1 aromatic carbocycles. The van der Waals surface area contributed by atoms with Gasteiger partial charge in [0.2, 0.25) is 5.91 Å². The Kier molecular flexibility index (Phi) is 5.51. The molecule has 0 aliphatic heterocycles. The standard InChI is InChI=1S/C19H24N2O2S/c1-13(2)23-15-9-7-14(8-10-15)20-18(22)11-12-19-21-16-5-3-4-6-17(16)24-19/h7-10,13H,3-6,11-12H2,1-2H3,(H,20,22). The van der Waals surface area contributed by atoms with Gasteiger partial charge in [0.1, 0.15) is 5.75 Å². The second-order valence-electron chi connectivity index (χ2n) is 6.42. The van der Waals surface area contributed by atoms with Crippen molar-refractivity contribution in [2.24, 2.45) is 0 Å². The van der Waals surface area contributed by atoms with Gasteiger partial charge >= 0.3 is 0 Å². The Bertz CT molecular complexity index is 668. The Morgan fingerprint density at radius 2 is 2.00 bits per heavy atom. The van der Waals surface area contributed by atoms with Gasteiger partial charge in [-0.2, -0.15) is 0 Å². The number of rotatable bonds is 6. The van der Waals surface area contributed by atoms with E-state index in [9.17, 15) is 4.79 Å². The van der Waals surface area contributed by atoms with Gasteiger partial charge in [-0.25, -0.2) is 4.98 Å². The van der Waals surface area contributed by atoms with E-state index in [1.54, 1.807) is 11.3 Å². The molecule has 24 heavy (non-hydrogen) atoms. The number of aromatic nitrogens is 1. The number of ether oxygens (including phenoxy) is 1. The third-order valence-electron chi connectivity index (χ3n) is 3.97. The highest BCUT2D eigenvalue weighted by Crippen LogP contribution is 2.27. The quantitative estimate of drug-likeness (QED) is 0.846. The van der Waals surface area contributed by atoms with E-state index in [2.05, 4.69) is 5.32 Å². The highest BCUT2D eigenvalue weighted by Gasteiger charge is 2.15. The van der Waals surface area contributed by atoms with Crippen LogP contribution in [0.1, 0.15) is 48.7 Å². The average molecular weight is 344 g/mol. The predicted molar refractivity (Wildman–Crippen MR) is 97.9 cm³/mol. The molecule has 1 heterocycles. The van der Waals surface area contributed by atoms with Crippen LogP contribution in [0.3, 0.4) is 0 Å². The molecule has 1 N–H and O–H groups in total. The summed E-state index contributed by atoms with van der Waals surface area (Å²) in [5.74, 6) is 0.845. The van der Waals surface area contributed by atoms with E-state index in [0.29, 0.717) is 6.42 Å². The van der Waals surface area contributed by atoms with E-state index in [-0.39, 0.29) is 12.0 Å². The second kappa shape index (κ2) is 7.79. The molecule has 0 fully saturated rings. The van der Waals surface area contributed by atoms with Crippen LogP contribution >= 0.6 is 11.3 Å². The molecule has 128 valence electrons. The van der Waals surface area contributed by atoms with Crippen molar-refractivity contribution in [1.29, 1.82) is 0 Å². The van der Waals surface area contributed by atoms with Crippen LogP contribution in [0.2, 0.25) is 0 Å². The number of anilines is 1. The molecule has 0 spiro atoms. The molecule has 0 bridgehead atoms. The van der Waals surface area contributed by atoms with Gasteiger partial charge in [-0.15, -0.1) is 11.3 Å². The number of nitrogens with one attached hydrogen (secondary N) is 1. The second-order valence-corrected chi connectivity index (χ2v) is 7.59. The molecule has 2 aromatic rings. The summed E-state index contributed by atoms with van der Waals surface area (Å²) >= 11 is 1.78. The number of carbonyl (C=O) groups excluding carboxylic acids is 1. The van der Waals surface area contributed by atoms with Gasteiger partial charge in [-0.05, 0) is 63.8 Å². The van der Waals surface area contributed by atoms with Crippen molar-refractivity contribution in [1.82, 2.24) is 4.98 Å². The number of amides is 1. The number of benzene rings is 1. The van der Waals surface area contributed by atoms with Gasteiger partial charge < -0.3 is 10.1 Å². The molecule has 4 nitrogen and oxygen atoms in total. The fraction of sp³-hybridized carbons (Fsp3) is 0.474. The van der Waals surface area contributed by atoms with E-state index in [4.69, 9.17) is 9.72 Å². The summed E-state index contributed by atoms with van der Waals surface area (Å²) in [5, 5.41) is 4.03. The SMILES string of the molecule is CC(C)Oc1ccc(NC(=O)CCc2nc3c(s2)CCCC3)cc1. The summed E-state index contributed by atoms with van der Waals surface area (Å²) in [6.45, 7) is 3.98. The fourth-order valence-electron chi connectivity index (χ4n) is 2.85. The lowest BCUT2D eigenvalue weighted by atomic mass is 10.0. The number of fused-ring (bicyclic) bond motifs is 1. The van der Waals surface area contributed by atoms with Gasteiger partial charge in [-0.3, -0.25) is 4.79 Å². The molecule has 3 rings (SSSR count). The van der Waals surface area contributed by atoms with Crippen LogP contribution < -0.4 is 10.1 Å². The van der Waals surface area contributed by atoms with Gasteiger partial charge in [0.15, 0.2) is 0 Å². The molecule has 0 radical (unpaired) electrons. The summed E-state index contributed by atoms with van der Waals surface area (Å²) in [5.41, 5.74) is 2.07. The van der Waals surface area contributed by atoms with Crippen molar-refractivity contribution in [3.8, 4) is 5.75 Å². The molecule has 1 amide bonds.